The van der Waals surface area contributed by atoms with Crippen molar-refractivity contribution in [1.29, 1.82) is 0 Å². The van der Waals surface area contributed by atoms with Crippen molar-refractivity contribution in [2.75, 3.05) is 28.7 Å². The molecule has 1 fully saturated rings. The van der Waals surface area contributed by atoms with Crippen LogP contribution in [0.4, 0.5) is 36.0 Å². The first kappa shape index (κ1) is 30.7. The number of hydrogen-bond acceptors (Lipinski definition) is 9. The van der Waals surface area contributed by atoms with Crippen molar-refractivity contribution in [3.63, 3.8) is 0 Å². The molecule has 1 atom stereocenters. The fourth-order valence-corrected chi connectivity index (χ4v) is 5.25. The van der Waals surface area contributed by atoms with Gasteiger partial charge in [-0.05, 0) is 76.5 Å². The van der Waals surface area contributed by atoms with Gasteiger partial charge >= 0.3 is 18.3 Å². The molecule has 4 N–H and O–H groups in total. The largest absolute Gasteiger partial charge is 0.474 e. The summed E-state index contributed by atoms with van der Waals surface area (Å²) in [5.41, 5.74) is -0.239. The van der Waals surface area contributed by atoms with Crippen LogP contribution in [0, 0.1) is 18.7 Å². The molecule has 1 aliphatic heterocycles. The lowest BCUT2D eigenvalue weighted by molar-refractivity contribution is -0.0262. The maximum atomic E-state index is 16.3. The predicted molar refractivity (Wildman–Crippen MR) is 159 cm³/mol. The Labute approximate surface area is 252 Å². The number of rotatable bonds is 5. The van der Waals surface area contributed by atoms with Crippen molar-refractivity contribution in [2.24, 2.45) is 5.92 Å². The molecule has 1 aromatic carbocycles. The zero-order valence-corrected chi connectivity index (χ0v) is 24.9. The van der Waals surface area contributed by atoms with Gasteiger partial charge < -0.3 is 24.4 Å². The molecule has 44 heavy (non-hydrogen) atoms. The second-order valence-electron chi connectivity index (χ2n) is 11.9. The van der Waals surface area contributed by atoms with Crippen molar-refractivity contribution in [2.45, 2.75) is 65.3 Å². The van der Waals surface area contributed by atoms with Crippen LogP contribution < -0.4 is 20.3 Å². The molecule has 234 valence electrons. The number of pyridine rings is 2. The van der Waals surface area contributed by atoms with Crippen molar-refractivity contribution in [3.8, 4) is 17.0 Å². The van der Waals surface area contributed by atoms with Gasteiger partial charge in [-0.25, -0.2) is 28.7 Å². The maximum Gasteiger partial charge on any atom is 0.413 e. The number of halogens is 1. The summed E-state index contributed by atoms with van der Waals surface area (Å²) >= 11 is 0. The van der Waals surface area contributed by atoms with Crippen LogP contribution >= 0.6 is 0 Å². The smallest absolute Gasteiger partial charge is 0.413 e. The molecule has 3 amide bonds. The number of carbonyl (C=O) groups excluding carboxylic acids is 2. The van der Waals surface area contributed by atoms with E-state index in [-0.39, 0.29) is 64.8 Å². The highest BCUT2D eigenvalue weighted by atomic mass is 19.1. The maximum absolute atomic E-state index is 16.3. The normalized spacial score (nSPS) is 18.4. The highest BCUT2D eigenvalue weighted by Gasteiger charge is 2.35. The quantitative estimate of drug-likeness (QED) is 0.281. The molecule has 0 bridgehead atoms. The van der Waals surface area contributed by atoms with Crippen LogP contribution in [-0.2, 0) is 9.47 Å². The number of nitrogens with one attached hydrogen (secondary N) is 2. The fraction of sp³-hybridized carbons (Fsp3) is 0.433. The van der Waals surface area contributed by atoms with Gasteiger partial charge in [-0.3, -0.25) is 15.5 Å². The first-order chi connectivity index (χ1) is 20.7. The number of carbonyl (C=O) groups is 3. The Hall–Kier alpha value is -4.72. The Balaban J connectivity index is 1.55. The number of hydrogen-bond donors (Lipinski definition) is 4. The molecule has 13 nitrogen and oxygen atoms in total. The van der Waals surface area contributed by atoms with Crippen molar-refractivity contribution < 1.29 is 43.2 Å². The molecule has 14 heteroatoms. The van der Waals surface area contributed by atoms with Gasteiger partial charge in [0.25, 0.3) is 0 Å². The van der Waals surface area contributed by atoms with Crippen LogP contribution in [0.5, 0.6) is 5.88 Å². The van der Waals surface area contributed by atoms with E-state index in [2.05, 4.69) is 20.6 Å². The Bertz CT molecular complexity index is 1630. The number of nitrogens with zero attached hydrogens (tertiary/aromatic N) is 3. The third-order valence-electron chi connectivity index (χ3n) is 7.52. The van der Waals surface area contributed by atoms with E-state index in [1.54, 1.807) is 34.6 Å². The number of amides is 3. The van der Waals surface area contributed by atoms with Crippen molar-refractivity contribution in [1.82, 2.24) is 9.97 Å². The summed E-state index contributed by atoms with van der Waals surface area (Å²) < 4.78 is 32.7. The fourth-order valence-electron chi connectivity index (χ4n) is 5.25. The summed E-state index contributed by atoms with van der Waals surface area (Å²) in [4.78, 5) is 46.8. The summed E-state index contributed by atoms with van der Waals surface area (Å²) in [6, 6.07) is 2.99. The van der Waals surface area contributed by atoms with Crippen LogP contribution in [-0.4, -0.2) is 69.4 Å². The molecule has 1 aliphatic carbocycles. The molecule has 0 spiro atoms. The van der Waals surface area contributed by atoms with E-state index in [4.69, 9.17) is 14.2 Å². The van der Waals surface area contributed by atoms with Crippen LogP contribution in [0.2, 0.25) is 0 Å². The first-order valence-electron chi connectivity index (χ1n) is 14.1. The van der Waals surface area contributed by atoms with Gasteiger partial charge in [-0.15, -0.1) is 0 Å². The number of fused-ring (bicyclic) bond motifs is 2. The molecule has 1 unspecified atom stereocenters. The van der Waals surface area contributed by atoms with Gasteiger partial charge in [0, 0.05) is 28.9 Å². The molecule has 2 aliphatic rings. The minimum Gasteiger partial charge on any atom is -0.474 e. The van der Waals surface area contributed by atoms with Gasteiger partial charge in [0.2, 0.25) is 5.88 Å². The van der Waals surface area contributed by atoms with E-state index in [9.17, 15) is 24.6 Å². The third kappa shape index (κ3) is 6.30. The van der Waals surface area contributed by atoms with Crippen LogP contribution in [0.3, 0.4) is 0 Å². The third-order valence-corrected chi connectivity index (χ3v) is 7.52. The molecule has 0 radical (unpaired) electrons. The Kier molecular flexibility index (Phi) is 8.21. The monoisotopic (exact) mass is 611 g/mol. The summed E-state index contributed by atoms with van der Waals surface area (Å²) in [5, 5.41) is 25.1. The van der Waals surface area contributed by atoms with Gasteiger partial charge in [-0.1, -0.05) is 0 Å². The van der Waals surface area contributed by atoms with Crippen LogP contribution in [0.25, 0.3) is 21.9 Å². The minimum atomic E-state index is -1.21. The van der Waals surface area contributed by atoms with E-state index < -0.39 is 35.8 Å². The molecule has 2 aromatic heterocycles. The second-order valence-corrected chi connectivity index (χ2v) is 11.9. The molecule has 1 saturated carbocycles. The number of aliphatic hydroxyl groups excluding tert-OH is 1. The number of ether oxygens (including phenoxy) is 3. The van der Waals surface area contributed by atoms with Gasteiger partial charge in [0.15, 0.2) is 5.82 Å². The molecular weight excluding hydrogens is 577 g/mol. The Morgan fingerprint density at radius 2 is 1.84 bits per heavy atom. The van der Waals surface area contributed by atoms with E-state index in [0.717, 1.165) is 4.90 Å². The molecule has 3 heterocycles. The Morgan fingerprint density at radius 3 is 2.50 bits per heavy atom. The molecule has 5 rings (SSSR count). The molecule has 0 saturated heterocycles. The zero-order chi connectivity index (χ0) is 31.9. The first-order valence-corrected chi connectivity index (χ1v) is 14.1. The topological polar surface area (TPSA) is 172 Å². The number of benzene rings is 1. The standard InChI is InChI=1S/C30H34FN5O8/c1-14-20(12-33-26-25(14)36(29(40)41)6-7-42-26)19-10-17-11-22(34-27(38)43-18-8-16(9-18)15(2)37)32-13-21(17)24(23(19)31)35-28(39)44-30(3,4)5/h10-13,15-16,18,37H,6-9H2,1-5H3,(H,35,39)(H,40,41)(H,32,34,38). The second kappa shape index (κ2) is 11.8. The van der Waals surface area contributed by atoms with Crippen molar-refractivity contribution >= 4 is 46.2 Å². The van der Waals surface area contributed by atoms with Crippen molar-refractivity contribution in [3.05, 3.63) is 35.9 Å². The molecular formula is C30H34FN5O8. The Morgan fingerprint density at radius 1 is 1.11 bits per heavy atom. The van der Waals surface area contributed by atoms with E-state index in [1.807, 2.05) is 0 Å². The zero-order valence-electron chi connectivity index (χ0n) is 24.9. The average molecular weight is 612 g/mol. The van der Waals surface area contributed by atoms with Crippen LogP contribution in [0.15, 0.2) is 24.5 Å². The lowest BCUT2D eigenvalue weighted by Crippen LogP contribution is -2.39. The van der Waals surface area contributed by atoms with E-state index >= 15 is 4.39 Å². The lowest BCUT2D eigenvalue weighted by Gasteiger charge is -2.36. The average Bonchev–Trinajstić information content (AvgIpc) is 2.90. The number of carboxylic acid groups (broad SMARTS) is 1. The number of anilines is 3. The van der Waals surface area contributed by atoms with Crippen LogP contribution in [0.1, 0.15) is 46.1 Å². The number of aliphatic hydroxyl groups is 1. The highest BCUT2D eigenvalue weighted by Crippen LogP contribution is 2.42. The minimum absolute atomic E-state index is 0.00521. The van der Waals surface area contributed by atoms with Gasteiger partial charge in [0.05, 0.1) is 18.3 Å². The summed E-state index contributed by atoms with van der Waals surface area (Å²) in [7, 11) is 0. The predicted octanol–water partition coefficient (Wildman–Crippen LogP) is 5.68. The lowest BCUT2D eigenvalue weighted by atomic mass is 9.79. The molecule has 3 aromatic rings. The summed E-state index contributed by atoms with van der Waals surface area (Å²) in [6.07, 6.45) is 0.133. The van der Waals surface area contributed by atoms with E-state index in [1.165, 1.54) is 24.5 Å². The number of aromatic nitrogens is 2. The summed E-state index contributed by atoms with van der Waals surface area (Å²) in [6.45, 7) is 8.52. The SMILES string of the molecule is Cc1c(-c2cc3cc(NC(=O)OC4CC(C(C)O)C4)ncc3c(NC(=O)OC(C)(C)C)c2F)cnc2c1N(C(=O)O)CCO2. The van der Waals surface area contributed by atoms with E-state index in [0.29, 0.717) is 23.8 Å². The summed E-state index contributed by atoms with van der Waals surface area (Å²) in [5.74, 6) is -0.535. The van der Waals surface area contributed by atoms with Gasteiger partial charge in [-0.2, -0.15) is 0 Å². The highest BCUT2D eigenvalue weighted by molar-refractivity contribution is 6.04. The van der Waals surface area contributed by atoms with Gasteiger partial charge in [0.1, 0.15) is 29.8 Å².